The van der Waals surface area contributed by atoms with Gasteiger partial charge in [0.2, 0.25) is 0 Å². The van der Waals surface area contributed by atoms with Crippen LogP contribution in [0.5, 0.6) is 0 Å². The Balaban J connectivity index is 1.68. The zero-order chi connectivity index (χ0) is 14.4. The van der Waals surface area contributed by atoms with Crippen LogP contribution in [0.4, 0.5) is 0 Å². The number of rotatable bonds is 7. The number of hydrogen-bond acceptors (Lipinski definition) is 3. The Morgan fingerprint density at radius 3 is 2.75 bits per heavy atom. The van der Waals surface area contributed by atoms with E-state index in [-0.39, 0.29) is 0 Å². The van der Waals surface area contributed by atoms with Gasteiger partial charge in [-0.1, -0.05) is 38.1 Å². The topological polar surface area (TPSA) is 41.5 Å². The molecule has 0 aliphatic heterocycles. The highest BCUT2D eigenvalue weighted by molar-refractivity contribution is 5.30. The highest BCUT2D eigenvalue weighted by atomic mass is 16.5. The molecule has 1 aliphatic rings. The van der Waals surface area contributed by atoms with Crippen molar-refractivity contribution in [2.24, 2.45) is 5.92 Å². The lowest BCUT2D eigenvalue weighted by Crippen LogP contribution is -2.40. The first kappa shape index (κ1) is 15.5. The smallest absolute Gasteiger partial charge is 0.0897 e. The molecule has 0 heterocycles. The monoisotopic (exact) mass is 277 g/mol. The van der Waals surface area contributed by atoms with Crippen molar-refractivity contribution in [3.8, 4) is 0 Å². The Morgan fingerprint density at radius 1 is 1.25 bits per heavy atom. The molecule has 0 radical (unpaired) electrons. The maximum Gasteiger partial charge on any atom is 0.0897 e. The van der Waals surface area contributed by atoms with Crippen LogP contribution in [0.15, 0.2) is 24.3 Å². The van der Waals surface area contributed by atoms with Crippen molar-refractivity contribution in [3.63, 3.8) is 0 Å². The number of fused-ring (bicyclic) bond motifs is 1. The van der Waals surface area contributed by atoms with Gasteiger partial charge in [0.1, 0.15) is 0 Å². The van der Waals surface area contributed by atoms with Crippen LogP contribution < -0.4 is 5.32 Å². The summed E-state index contributed by atoms with van der Waals surface area (Å²) >= 11 is 0. The SMILES string of the molecule is CC(C)COCC(O)CNC1CCc2ccccc2C1. The standard InChI is InChI=1S/C17H27NO2/c1-13(2)11-20-12-17(19)10-18-16-8-7-14-5-3-4-6-15(14)9-16/h3-6,13,16-19H,7-12H2,1-2H3. The van der Waals surface area contributed by atoms with E-state index >= 15 is 0 Å². The number of nitrogens with one attached hydrogen (secondary N) is 1. The largest absolute Gasteiger partial charge is 0.389 e. The minimum Gasteiger partial charge on any atom is -0.389 e. The van der Waals surface area contributed by atoms with Crippen LogP contribution in [-0.2, 0) is 17.6 Å². The van der Waals surface area contributed by atoms with Gasteiger partial charge in [0, 0.05) is 19.2 Å². The summed E-state index contributed by atoms with van der Waals surface area (Å²) < 4.78 is 5.46. The van der Waals surface area contributed by atoms with Gasteiger partial charge in [-0.15, -0.1) is 0 Å². The first-order chi connectivity index (χ1) is 9.65. The molecule has 2 atom stereocenters. The average Bonchev–Trinajstić information content (AvgIpc) is 2.44. The van der Waals surface area contributed by atoms with E-state index in [1.807, 2.05) is 0 Å². The molecular formula is C17H27NO2. The average molecular weight is 277 g/mol. The lowest BCUT2D eigenvalue weighted by Gasteiger charge is -2.26. The van der Waals surface area contributed by atoms with Crippen molar-refractivity contribution in [3.05, 3.63) is 35.4 Å². The van der Waals surface area contributed by atoms with E-state index in [0.717, 1.165) is 19.3 Å². The molecule has 3 heteroatoms. The predicted octanol–water partition coefficient (Wildman–Crippen LogP) is 2.17. The quantitative estimate of drug-likeness (QED) is 0.802. The van der Waals surface area contributed by atoms with Gasteiger partial charge < -0.3 is 15.2 Å². The number of aliphatic hydroxyl groups excluding tert-OH is 1. The zero-order valence-corrected chi connectivity index (χ0v) is 12.6. The molecule has 0 fully saturated rings. The molecule has 3 nitrogen and oxygen atoms in total. The van der Waals surface area contributed by atoms with Gasteiger partial charge >= 0.3 is 0 Å². The molecule has 2 N–H and O–H groups in total. The predicted molar refractivity (Wildman–Crippen MR) is 81.9 cm³/mol. The molecule has 112 valence electrons. The van der Waals surface area contributed by atoms with Crippen molar-refractivity contribution >= 4 is 0 Å². The Morgan fingerprint density at radius 2 is 2.00 bits per heavy atom. The number of aliphatic hydroxyl groups is 1. The van der Waals surface area contributed by atoms with E-state index in [1.54, 1.807) is 0 Å². The lowest BCUT2D eigenvalue weighted by molar-refractivity contribution is 0.0248. The minimum atomic E-state index is -0.411. The van der Waals surface area contributed by atoms with Crippen molar-refractivity contribution in [1.82, 2.24) is 5.32 Å². The van der Waals surface area contributed by atoms with E-state index in [0.29, 0.717) is 31.7 Å². The number of benzene rings is 1. The lowest BCUT2D eigenvalue weighted by atomic mass is 9.88. The fourth-order valence-electron chi connectivity index (χ4n) is 2.67. The van der Waals surface area contributed by atoms with Gasteiger partial charge in [0.15, 0.2) is 0 Å². The van der Waals surface area contributed by atoms with E-state index in [9.17, 15) is 5.11 Å². The van der Waals surface area contributed by atoms with E-state index < -0.39 is 6.10 Å². The van der Waals surface area contributed by atoms with Gasteiger partial charge in [0.05, 0.1) is 12.7 Å². The molecule has 0 saturated carbocycles. The van der Waals surface area contributed by atoms with Crippen molar-refractivity contribution in [2.45, 2.75) is 45.3 Å². The first-order valence-electron chi connectivity index (χ1n) is 7.71. The fourth-order valence-corrected chi connectivity index (χ4v) is 2.67. The highest BCUT2D eigenvalue weighted by Crippen LogP contribution is 2.20. The van der Waals surface area contributed by atoms with Gasteiger partial charge in [-0.05, 0) is 36.3 Å². The Hall–Kier alpha value is -0.900. The van der Waals surface area contributed by atoms with Crippen molar-refractivity contribution < 1.29 is 9.84 Å². The zero-order valence-electron chi connectivity index (χ0n) is 12.6. The summed E-state index contributed by atoms with van der Waals surface area (Å²) in [7, 11) is 0. The summed E-state index contributed by atoms with van der Waals surface area (Å²) in [6.07, 6.45) is 2.94. The third kappa shape index (κ3) is 4.89. The second kappa shape index (κ2) is 7.77. The first-order valence-corrected chi connectivity index (χ1v) is 7.71. The summed E-state index contributed by atoms with van der Waals surface area (Å²) in [5, 5.41) is 13.4. The van der Waals surface area contributed by atoms with Crippen molar-refractivity contribution in [1.29, 1.82) is 0 Å². The van der Waals surface area contributed by atoms with Crippen LogP contribution >= 0.6 is 0 Å². The third-order valence-electron chi connectivity index (χ3n) is 3.75. The number of aryl methyl sites for hydroxylation is 1. The summed E-state index contributed by atoms with van der Waals surface area (Å²) in [5.74, 6) is 0.519. The molecule has 0 bridgehead atoms. The van der Waals surface area contributed by atoms with E-state index in [2.05, 4.69) is 43.4 Å². The van der Waals surface area contributed by atoms with Crippen LogP contribution in [0.1, 0.15) is 31.4 Å². The van der Waals surface area contributed by atoms with Gasteiger partial charge in [-0.3, -0.25) is 0 Å². The van der Waals surface area contributed by atoms with Crippen LogP contribution in [0.3, 0.4) is 0 Å². The Labute approximate surface area is 122 Å². The van der Waals surface area contributed by atoms with Gasteiger partial charge in [-0.25, -0.2) is 0 Å². The van der Waals surface area contributed by atoms with Crippen LogP contribution in [-0.4, -0.2) is 37.0 Å². The summed E-state index contributed by atoms with van der Waals surface area (Å²) in [6, 6.07) is 9.13. The molecule has 0 aromatic heterocycles. The Kier molecular flexibility index (Phi) is 6.02. The third-order valence-corrected chi connectivity index (χ3v) is 3.75. The van der Waals surface area contributed by atoms with Crippen molar-refractivity contribution in [2.75, 3.05) is 19.8 Å². The summed E-state index contributed by atoms with van der Waals surface area (Å²) in [6.45, 7) is 5.99. The van der Waals surface area contributed by atoms with Crippen LogP contribution in [0, 0.1) is 5.92 Å². The molecule has 2 rings (SSSR count). The second-order valence-electron chi connectivity index (χ2n) is 6.20. The molecular weight excluding hydrogens is 250 g/mol. The van der Waals surface area contributed by atoms with Crippen LogP contribution in [0.25, 0.3) is 0 Å². The fraction of sp³-hybridized carbons (Fsp3) is 0.647. The van der Waals surface area contributed by atoms with Gasteiger partial charge in [0.25, 0.3) is 0 Å². The molecule has 1 aromatic carbocycles. The molecule has 20 heavy (non-hydrogen) atoms. The van der Waals surface area contributed by atoms with Gasteiger partial charge in [-0.2, -0.15) is 0 Å². The van der Waals surface area contributed by atoms with Crippen LogP contribution in [0.2, 0.25) is 0 Å². The maximum atomic E-state index is 9.90. The number of ether oxygens (including phenoxy) is 1. The van der Waals surface area contributed by atoms with E-state index in [4.69, 9.17) is 4.74 Å². The van der Waals surface area contributed by atoms with E-state index in [1.165, 1.54) is 11.1 Å². The minimum absolute atomic E-state index is 0.411. The Bertz CT molecular complexity index is 406. The molecule has 1 aromatic rings. The maximum absolute atomic E-state index is 9.90. The summed E-state index contributed by atoms with van der Waals surface area (Å²) in [4.78, 5) is 0. The molecule has 0 saturated heterocycles. The summed E-state index contributed by atoms with van der Waals surface area (Å²) in [5.41, 5.74) is 2.92. The molecule has 0 amide bonds. The normalized spacial score (nSPS) is 19.9. The number of hydrogen-bond donors (Lipinski definition) is 2. The molecule has 1 aliphatic carbocycles. The highest BCUT2D eigenvalue weighted by Gasteiger charge is 2.18. The second-order valence-corrected chi connectivity index (χ2v) is 6.20. The molecule has 0 spiro atoms. The molecule has 2 unspecified atom stereocenters.